The zero-order valence-corrected chi connectivity index (χ0v) is 8.49. The van der Waals surface area contributed by atoms with E-state index in [4.69, 9.17) is 0 Å². The maximum atomic E-state index is 2.60. The Balaban J connectivity index is 2.26. The Kier molecular flexibility index (Phi) is 4.31. The topological polar surface area (TPSA) is 3.24 Å². The second kappa shape index (κ2) is 5.04. The predicted molar refractivity (Wildman–Crippen MR) is 53.3 cm³/mol. The lowest BCUT2D eigenvalue weighted by atomic mass is 10.2. The number of hydrogen-bond donors (Lipinski definition) is 0. The van der Waals surface area contributed by atoms with Gasteiger partial charge in [0.15, 0.2) is 0 Å². The van der Waals surface area contributed by atoms with E-state index in [1.54, 1.807) is 0 Å². The van der Waals surface area contributed by atoms with Crippen molar-refractivity contribution in [3.8, 4) is 0 Å². The molecule has 1 rings (SSSR count). The van der Waals surface area contributed by atoms with Crippen molar-refractivity contribution in [1.29, 1.82) is 0 Å². The average molecular weight is 173 g/mol. The van der Waals surface area contributed by atoms with E-state index in [9.17, 15) is 0 Å². The minimum atomic E-state index is 0.748. The average Bonchev–Trinajstić information content (AvgIpc) is 1.84. The lowest BCUT2D eigenvalue weighted by Crippen LogP contribution is -2.34. The van der Waals surface area contributed by atoms with Crippen LogP contribution in [0.2, 0.25) is 0 Å². The molecule has 0 aromatic heterocycles. The van der Waals surface area contributed by atoms with Crippen molar-refractivity contribution in [3.05, 3.63) is 0 Å². The van der Waals surface area contributed by atoms with E-state index in [0.29, 0.717) is 0 Å². The molecule has 0 aliphatic carbocycles. The summed E-state index contributed by atoms with van der Waals surface area (Å²) in [6.07, 6.45) is 2.76. The van der Waals surface area contributed by atoms with Crippen molar-refractivity contribution in [3.63, 3.8) is 0 Å². The first-order chi connectivity index (χ1) is 5.30. The molecule has 0 radical (unpaired) electrons. The Bertz CT molecular complexity index is 95.7. The molecule has 66 valence electrons. The number of rotatable bonds is 1. The summed E-state index contributed by atoms with van der Waals surface area (Å²) in [5.41, 5.74) is 0. The zero-order chi connectivity index (χ0) is 8.10. The molecule has 1 heterocycles. The Hall–Kier alpha value is 0.310. The van der Waals surface area contributed by atoms with E-state index < -0.39 is 0 Å². The first-order valence-electron chi connectivity index (χ1n) is 4.62. The first kappa shape index (κ1) is 9.40. The SMILES string of the molecule is CC(C)N1CCCSCCC1. The van der Waals surface area contributed by atoms with Crippen molar-refractivity contribution in [1.82, 2.24) is 4.90 Å². The van der Waals surface area contributed by atoms with Gasteiger partial charge in [0.1, 0.15) is 0 Å². The summed E-state index contributed by atoms with van der Waals surface area (Å²) in [5.74, 6) is 2.73. The number of nitrogens with zero attached hydrogens (tertiary/aromatic N) is 1. The van der Waals surface area contributed by atoms with Crippen LogP contribution >= 0.6 is 11.8 Å². The minimum Gasteiger partial charge on any atom is -0.301 e. The quantitative estimate of drug-likeness (QED) is 0.598. The number of hydrogen-bond acceptors (Lipinski definition) is 2. The van der Waals surface area contributed by atoms with E-state index >= 15 is 0 Å². The van der Waals surface area contributed by atoms with Gasteiger partial charge in [0.25, 0.3) is 0 Å². The molecule has 1 aliphatic heterocycles. The van der Waals surface area contributed by atoms with Crippen molar-refractivity contribution in [2.45, 2.75) is 32.7 Å². The molecule has 2 heteroatoms. The molecular formula is C9H19NS. The molecule has 0 N–H and O–H groups in total. The molecule has 0 spiro atoms. The smallest absolute Gasteiger partial charge is 0.00385 e. The van der Waals surface area contributed by atoms with Crippen LogP contribution in [0.5, 0.6) is 0 Å². The molecular weight excluding hydrogens is 154 g/mol. The summed E-state index contributed by atoms with van der Waals surface area (Å²) in [7, 11) is 0. The highest BCUT2D eigenvalue weighted by Gasteiger charge is 2.10. The summed E-state index contributed by atoms with van der Waals surface area (Å²) in [5, 5.41) is 0. The Morgan fingerprint density at radius 1 is 1.09 bits per heavy atom. The van der Waals surface area contributed by atoms with E-state index in [0.717, 1.165) is 6.04 Å². The highest BCUT2D eigenvalue weighted by Crippen LogP contribution is 2.12. The summed E-state index contributed by atoms with van der Waals surface area (Å²) in [4.78, 5) is 2.60. The van der Waals surface area contributed by atoms with Crippen LogP contribution in [0.15, 0.2) is 0 Å². The van der Waals surface area contributed by atoms with Gasteiger partial charge in [-0.25, -0.2) is 0 Å². The molecule has 0 aromatic rings. The number of thioether (sulfide) groups is 1. The van der Waals surface area contributed by atoms with Crippen LogP contribution in [0.1, 0.15) is 26.7 Å². The maximum Gasteiger partial charge on any atom is 0.00385 e. The predicted octanol–water partition coefficient (Wildman–Crippen LogP) is 2.22. The van der Waals surface area contributed by atoms with Gasteiger partial charge in [-0.05, 0) is 51.3 Å². The first-order valence-corrected chi connectivity index (χ1v) is 5.78. The third-order valence-electron chi connectivity index (χ3n) is 2.20. The van der Waals surface area contributed by atoms with Gasteiger partial charge in [-0.2, -0.15) is 11.8 Å². The Morgan fingerprint density at radius 2 is 1.64 bits per heavy atom. The minimum absolute atomic E-state index is 0.748. The molecule has 0 bridgehead atoms. The normalized spacial score (nSPS) is 23.2. The van der Waals surface area contributed by atoms with E-state index in [1.165, 1.54) is 37.4 Å². The molecule has 1 fully saturated rings. The van der Waals surface area contributed by atoms with E-state index in [1.807, 2.05) is 0 Å². The van der Waals surface area contributed by atoms with Crippen LogP contribution in [0, 0.1) is 0 Å². The van der Waals surface area contributed by atoms with Crippen LogP contribution in [-0.2, 0) is 0 Å². The second-order valence-corrected chi connectivity index (χ2v) is 4.67. The van der Waals surface area contributed by atoms with Crippen LogP contribution in [0.4, 0.5) is 0 Å². The van der Waals surface area contributed by atoms with Gasteiger partial charge in [0, 0.05) is 6.04 Å². The fourth-order valence-corrected chi connectivity index (χ4v) is 2.34. The molecule has 0 atom stereocenters. The fraction of sp³-hybridized carbons (Fsp3) is 1.00. The maximum absolute atomic E-state index is 2.60. The lowest BCUT2D eigenvalue weighted by molar-refractivity contribution is 0.222. The third kappa shape index (κ3) is 3.48. The Morgan fingerprint density at radius 3 is 2.09 bits per heavy atom. The zero-order valence-electron chi connectivity index (χ0n) is 7.68. The monoisotopic (exact) mass is 173 g/mol. The van der Waals surface area contributed by atoms with Crippen molar-refractivity contribution in [2.75, 3.05) is 24.6 Å². The van der Waals surface area contributed by atoms with Gasteiger partial charge in [0.2, 0.25) is 0 Å². The van der Waals surface area contributed by atoms with Gasteiger partial charge in [0.05, 0.1) is 0 Å². The molecule has 0 aromatic carbocycles. The molecule has 0 saturated carbocycles. The lowest BCUT2D eigenvalue weighted by Gasteiger charge is -2.27. The molecule has 0 unspecified atom stereocenters. The molecule has 1 saturated heterocycles. The molecule has 11 heavy (non-hydrogen) atoms. The Labute approximate surface area is 74.5 Å². The van der Waals surface area contributed by atoms with Gasteiger partial charge in [-0.3, -0.25) is 0 Å². The van der Waals surface area contributed by atoms with Gasteiger partial charge < -0.3 is 4.90 Å². The molecule has 1 aliphatic rings. The van der Waals surface area contributed by atoms with Crippen molar-refractivity contribution < 1.29 is 0 Å². The van der Waals surface area contributed by atoms with Crippen LogP contribution < -0.4 is 0 Å². The summed E-state index contributed by atoms with van der Waals surface area (Å²) >= 11 is 2.12. The summed E-state index contributed by atoms with van der Waals surface area (Å²) in [6.45, 7) is 7.22. The van der Waals surface area contributed by atoms with E-state index in [2.05, 4.69) is 30.5 Å². The van der Waals surface area contributed by atoms with Crippen LogP contribution in [0.25, 0.3) is 0 Å². The van der Waals surface area contributed by atoms with Crippen molar-refractivity contribution >= 4 is 11.8 Å². The van der Waals surface area contributed by atoms with Gasteiger partial charge >= 0.3 is 0 Å². The largest absolute Gasteiger partial charge is 0.301 e. The summed E-state index contributed by atoms with van der Waals surface area (Å²) in [6, 6.07) is 0.748. The van der Waals surface area contributed by atoms with Gasteiger partial charge in [-0.15, -0.1) is 0 Å². The fourth-order valence-electron chi connectivity index (χ4n) is 1.47. The van der Waals surface area contributed by atoms with Gasteiger partial charge in [-0.1, -0.05) is 0 Å². The molecule has 1 nitrogen and oxygen atoms in total. The van der Waals surface area contributed by atoms with E-state index in [-0.39, 0.29) is 0 Å². The standard InChI is InChI=1S/C9H19NS/c1-9(2)10-5-3-7-11-8-4-6-10/h9H,3-8H2,1-2H3. The third-order valence-corrected chi connectivity index (χ3v) is 3.35. The van der Waals surface area contributed by atoms with Crippen LogP contribution in [-0.4, -0.2) is 35.5 Å². The van der Waals surface area contributed by atoms with Crippen LogP contribution in [0.3, 0.4) is 0 Å². The highest BCUT2D eigenvalue weighted by atomic mass is 32.2. The van der Waals surface area contributed by atoms with Crippen molar-refractivity contribution in [2.24, 2.45) is 0 Å². The summed E-state index contributed by atoms with van der Waals surface area (Å²) < 4.78 is 0. The highest BCUT2D eigenvalue weighted by molar-refractivity contribution is 7.99. The second-order valence-electron chi connectivity index (χ2n) is 3.45. The molecule has 0 amide bonds.